The Bertz CT molecular complexity index is 2450. The number of rotatable bonds is 6. The van der Waals surface area contributed by atoms with Gasteiger partial charge in [0.1, 0.15) is 0 Å². The fourth-order valence-electron chi connectivity index (χ4n) is 6.33. The Morgan fingerprint density at radius 2 is 0.816 bits per heavy atom. The van der Waals surface area contributed by atoms with Gasteiger partial charge in [0.2, 0.25) is 17.2 Å². The molecule has 0 spiro atoms. The zero-order valence-corrected chi connectivity index (χ0v) is 26.8. The number of hydrogen-bond acceptors (Lipinski definition) is 7. The van der Waals surface area contributed by atoms with Crippen LogP contribution in [0.5, 0.6) is 28.7 Å². The Morgan fingerprint density at radius 3 is 1.43 bits per heavy atom. The van der Waals surface area contributed by atoms with E-state index >= 15 is 0 Å². The molecule has 8 aromatic rings. The molecule has 0 aliphatic rings. The smallest absolute Gasteiger partial charge is 0.208 e. The van der Waals surface area contributed by atoms with E-state index in [1.807, 2.05) is 42.5 Å². The van der Waals surface area contributed by atoms with Gasteiger partial charge in [0.05, 0.1) is 5.56 Å². The van der Waals surface area contributed by atoms with E-state index in [-0.39, 0.29) is 5.56 Å². The van der Waals surface area contributed by atoms with E-state index in [1.165, 1.54) is 5.56 Å². The van der Waals surface area contributed by atoms with Gasteiger partial charge in [-0.2, -0.15) is 0 Å². The van der Waals surface area contributed by atoms with Crippen molar-refractivity contribution in [2.45, 2.75) is 0 Å². The van der Waals surface area contributed by atoms with Crippen LogP contribution in [0.15, 0.2) is 146 Å². The van der Waals surface area contributed by atoms with E-state index in [0.717, 1.165) is 53.9 Å². The van der Waals surface area contributed by atoms with Gasteiger partial charge >= 0.3 is 0 Å². The van der Waals surface area contributed by atoms with Crippen molar-refractivity contribution in [2.24, 2.45) is 0 Å². The third-order valence-corrected chi connectivity index (χ3v) is 9.97. The summed E-state index contributed by atoms with van der Waals surface area (Å²) in [6.07, 6.45) is 0. The van der Waals surface area contributed by atoms with Crippen molar-refractivity contribution in [2.75, 3.05) is 4.90 Å². The SMILES string of the molecule is Oc1c(O)c(O)c(-c2ccc3c(c2)sc2ccc(-c4ccc(N(c5ccccc5)c5ccc(-c6ccccc6)cc5)cc4)cc23)c(O)c1O. The van der Waals surface area contributed by atoms with Crippen LogP contribution in [0.2, 0.25) is 0 Å². The molecule has 1 heterocycles. The van der Waals surface area contributed by atoms with Crippen LogP contribution in [0.3, 0.4) is 0 Å². The molecule has 7 aromatic carbocycles. The molecule has 238 valence electrons. The van der Waals surface area contributed by atoms with E-state index in [4.69, 9.17) is 0 Å². The standard InChI is InChI=1S/C42H29NO5S/c44-38-37(39(45)41(47)42(48)40(38)46)29-15-21-33-34-23-28(16-22-35(34)49-36(33)24-29)27-13-19-32(20-14-27)43(30-9-5-2-6-10-30)31-17-11-26(12-18-31)25-7-3-1-4-8-25/h1-24,44-48H. The molecule has 0 aliphatic carbocycles. The van der Waals surface area contributed by atoms with Gasteiger partial charge in [-0.1, -0.05) is 91.0 Å². The lowest BCUT2D eigenvalue weighted by atomic mass is 9.99. The van der Waals surface area contributed by atoms with Crippen molar-refractivity contribution in [1.82, 2.24) is 0 Å². The second kappa shape index (κ2) is 12.0. The van der Waals surface area contributed by atoms with Crippen LogP contribution in [0.1, 0.15) is 0 Å². The van der Waals surface area contributed by atoms with Gasteiger partial charge < -0.3 is 30.4 Å². The Morgan fingerprint density at radius 1 is 0.347 bits per heavy atom. The van der Waals surface area contributed by atoms with Crippen molar-refractivity contribution in [3.63, 3.8) is 0 Å². The number of aromatic hydroxyl groups is 5. The fourth-order valence-corrected chi connectivity index (χ4v) is 7.46. The lowest BCUT2D eigenvalue weighted by Gasteiger charge is -2.26. The van der Waals surface area contributed by atoms with Crippen LogP contribution in [-0.2, 0) is 0 Å². The Kier molecular flexibility index (Phi) is 7.31. The lowest BCUT2D eigenvalue weighted by Crippen LogP contribution is -2.09. The maximum atomic E-state index is 10.5. The van der Waals surface area contributed by atoms with Crippen LogP contribution in [0.4, 0.5) is 17.1 Å². The molecule has 0 amide bonds. The summed E-state index contributed by atoms with van der Waals surface area (Å²) in [5, 5.41) is 52.9. The van der Waals surface area contributed by atoms with Gasteiger partial charge in [-0.05, 0) is 82.4 Å². The number of fused-ring (bicyclic) bond motifs is 3. The number of para-hydroxylation sites is 1. The Labute approximate surface area is 285 Å². The maximum absolute atomic E-state index is 10.5. The second-order valence-corrected chi connectivity index (χ2v) is 12.9. The quantitative estimate of drug-likeness (QED) is 0.0899. The van der Waals surface area contributed by atoms with E-state index in [0.29, 0.717) is 5.56 Å². The summed E-state index contributed by atoms with van der Waals surface area (Å²) < 4.78 is 1.95. The van der Waals surface area contributed by atoms with Crippen molar-refractivity contribution in [3.05, 3.63) is 146 Å². The number of thiophene rings is 1. The molecule has 0 radical (unpaired) electrons. The molecule has 49 heavy (non-hydrogen) atoms. The number of phenols is 5. The lowest BCUT2D eigenvalue weighted by molar-refractivity contribution is 0.330. The maximum Gasteiger partial charge on any atom is 0.208 e. The molecular formula is C42H29NO5S. The number of nitrogens with zero attached hydrogens (tertiary/aromatic N) is 1. The van der Waals surface area contributed by atoms with E-state index in [9.17, 15) is 25.5 Å². The highest BCUT2D eigenvalue weighted by Crippen LogP contribution is 2.55. The minimum atomic E-state index is -0.979. The summed E-state index contributed by atoms with van der Waals surface area (Å²) in [6, 6.07) is 49.5. The second-order valence-electron chi connectivity index (χ2n) is 11.8. The van der Waals surface area contributed by atoms with Crippen LogP contribution >= 0.6 is 11.3 Å². The van der Waals surface area contributed by atoms with Gasteiger partial charge in [-0.15, -0.1) is 11.3 Å². The van der Waals surface area contributed by atoms with Crippen molar-refractivity contribution >= 4 is 48.6 Å². The van der Waals surface area contributed by atoms with E-state index < -0.39 is 28.7 Å². The molecule has 6 nitrogen and oxygen atoms in total. The third kappa shape index (κ3) is 5.23. The largest absolute Gasteiger partial charge is 0.504 e. The summed E-state index contributed by atoms with van der Waals surface area (Å²) >= 11 is 1.55. The van der Waals surface area contributed by atoms with Crippen LogP contribution < -0.4 is 4.90 Å². The highest BCUT2D eigenvalue weighted by Gasteiger charge is 2.24. The topological polar surface area (TPSA) is 104 Å². The van der Waals surface area contributed by atoms with Gasteiger partial charge in [0, 0.05) is 37.2 Å². The molecule has 1 aromatic heterocycles. The summed E-state index contributed by atoms with van der Waals surface area (Å²) in [5.41, 5.74) is 7.85. The van der Waals surface area contributed by atoms with Crippen molar-refractivity contribution in [1.29, 1.82) is 0 Å². The minimum absolute atomic E-state index is 0.162. The number of benzene rings is 7. The van der Waals surface area contributed by atoms with Crippen molar-refractivity contribution < 1.29 is 25.5 Å². The number of hydrogen-bond donors (Lipinski definition) is 5. The molecule has 7 heteroatoms. The van der Waals surface area contributed by atoms with Crippen molar-refractivity contribution in [3.8, 4) is 62.1 Å². The summed E-state index contributed by atoms with van der Waals surface area (Å²) in [5.74, 6) is -4.20. The summed E-state index contributed by atoms with van der Waals surface area (Å²) in [6.45, 7) is 0. The first-order valence-electron chi connectivity index (χ1n) is 15.6. The average Bonchev–Trinajstić information content (AvgIpc) is 3.52. The average molecular weight is 660 g/mol. The van der Waals surface area contributed by atoms with Gasteiger partial charge in [0.25, 0.3) is 0 Å². The Balaban J connectivity index is 1.14. The highest BCUT2D eigenvalue weighted by atomic mass is 32.1. The van der Waals surface area contributed by atoms with E-state index in [1.54, 1.807) is 23.5 Å². The third-order valence-electron chi connectivity index (χ3n) is 8.84. The van der Waals surface area contributed by atoms with Crippen LogP contribution in [0.25, 0.3) is 53.6 Å². The molecule has 0 bridgehead atoms. The molecule has 0 unspecified atom stereocenters. The van der Waals surface area contributed by atoms with Crippen LogP contribution in [-0.4, -0.2) is 25.5 Å². The molecule has 0 fully saturated rings. The molecule has 0 saturated carbocycles. The van der Waals surface area contributed by atoms with Gasteiger partial charge in [-0.3, -0.25) is 0 Å². The predicted octanol–water partition coefficient (Wildman–Crippen LogP) is 11.1. The molecule has 0 aliphatic heterocycles. The first-order valence-corrected chi connectivity index (χ1v) is 16.5. The minimum Gasteiger partial charge on any atom is -0.504 e. The number of phenolic OH excluding ortho intramolecular Hbond substituents is 5. The van der Waals surface area contributed by atoms with Gasteiger partial charge in [-0.25, -0.2) is 0 Å². The first kappa shape index (κ1) is 29.9. The van der Waals surface area contributed by atoms with Gasteiger partial charge in [0.15, 0.2) is 11.5 Å². The molecular weight excluding hydrogens is 631 g/mol. The van der Waals surface area contributed by atoms with Crippen LogP contribution in [0, 0.1) is 0 Å². The monoisotopic (exact) mass is 659 g/mol. The van der Waals surface area contributed by atoms with E-state index in [2.05, 4.69) is 95.9 Å². The highest BCUT2D eigenvalue weighted by molar-refractivity contribution is 7.25. The molecule has 0 atom stereocenters. The molecule has 5 N–H and O–H groups in total. The fraction of sp³-hybridized carbons (Fsp3) is 0. The zero-order chi connectivity index (χ0) is 33.6. The Hall–Kier alpha value is -6.44. The predicted molar refractivity (Wildman–Crippen MR) is 199 cm³/mol. The first-order chi connectivity index (χ1) is 23.9. The molecule has 8 rings (SSSR count). The summed E-state index contributed by atoms with van der Waals surface area (Å²) in [4.78, 5) is 2.24. The summed E-state index contributed by atoms with van der Waals surface area (Å²) in [7, 11) is 0. The normalized spacial score (nSPS) is 11.3. The number of anilines is 3. The molecule has 0 saturated heterocycles. The zero-order valence-electron chi connectivity index (χ0n) is 25.9.